The molecule has 1 amide bonds. The van der Waals surface area contributed by atoms with Gasteiger partial charge in [0.05, 0.1) is 17.1 Å². The summed E-state index contributed by atoms with van der Waals surface area (Å²) in [5.41, 5.74) is 7.77. The standard InChI is InChI=1S/C31H34F3N5O/c1-30-19-38(24-11-9-23(10-12-24)31(32,33)34)16-14-27(30)39(26-8-3-2-7-25(26)37-30)28-18-21(13-15-36-28)20-5-4-6-22(17-20)29(35)40/h4-6,9-13,15,17-18,25-27,37H,2-3,7-8,14,16,19H2,1H3,(H2,35,40)/t25-,26-,27?,30-/m1/s1. The summed E-state index contributed by atoms with van der Waals surface area (Å²) in [5.74, 6) is 0.457. The number of amides is 1. The van der Waals surface area contributed by atoms with Gasteiger partial charge in [-0.25, -0.2) is 4.98 Å². The van der Waals surface area contributed by atoms with E-state index in [4.69, 9.17) is 10.7 Å². The molecule has 3 heterocycles. The van der Waals surface area contributed by atoms with Gasteiger partial charge in [0.1, 0.15) is 5.82 Å². The quantitative estimate of drug-likeness (QED) is 0.442. The largest absolute Gasteiger partial charge is 0.416 e. The van der Waals surface area contributed by atoms with Crippen molar-refractivity contribution in [1.29, 1.82) is 0 Å². The first-order valence-corrected chi connectivity index (χ1v) is 14.0. The van der Waals surface area contributed by atoms with Crippen molar-refractivity contribution in [3.05, 3.63) is 78.0 Å². The Balaban J connectivity index is 1.32. The van der Waals surface area contributed by atoms with Gasteiger partial charge in [-0.05, 0) is 85.8 Å². The number of benzene rings is 2. The molecule has 6 nitrogen and oxygen atoms in total. The summed E-state index contributed by atoms with van der Waals surface area (Å²) in [4.78, 5) is 21.4. The van der Waals surface area contributed by atoms with Crippen LogP contribution in [0.2, 0.25) is 0 Å². The van der Waals surface area contributed by atoms with Crippen LogP contribution in [0.4, 0.5) is 24.7 Å². The number of alkyl halides is 3. The molecule has 1 aliphatic carbocycles. The number of nitrogens with one attached hydrogen (secondary N) is 1. The minimum atomic E-state index is -4.35. The SMILES string of the molecule is C[C@@]12CN(c3ccc(C(F)(F)F)cc3)CCC1N(c1cc(-c3cccc(C(N)=O)c3)ccn1)[C@@H]1CCCC[C@H]1N2. The van der Waals surface area contributed by atoms with E-state index in [1.54, 1.807) is 18.2 Å². The van der Waals surface area contributed by atoms with Crippen LogP contribution < -0.4 is 20.9 Å². The number of hydrogen-bond acceptors (Lipinski definition) is 5. The summed E-state index contributed by atoms with van der Waals surface area (Å²) in [7, 11) is 0. The number of aromatic nitrogens is 1. The zero-order chi connectivity index (χ0) is 28.1. The summed E-state index contributed by atoms with van der Waals surface area (Å²) in [5, 5.41) is 3.99. The van der Waals surface area contributed by atoms with Gasteiger partial charge in [-0.15, -0.1) is 0 Å². The van der Waals surface area contributed by atoms with Gasteiger partial charge in [-0.1, -0.05) is 25.0 Å². The normalized spacial score (nSPS) is 26.6. The molecule has 4 atom stereocenters. The maximum absolute atomic E-state index is 13.1. The van der Waals surface area contributed by atoms with Crippen LogP contribution in [0.3, 0.4) is 0 Å². The maximum atomic E-state index is 13.1. The number of fused-ring (bicyclic) bond motifs is 2. The van der Waals surface area contributed by atoms with Crippen LogP contribution in [0.25, 0.3) is 11.1 Å². The predicted molar refractivity (Wildman–Crippen MR) is 150 cm³/mol. The Morgan fingerprint density at radius 1 is 1.02 bits per heavy atom. The van der Waals surface area contributed by atoms with Crippen LogP contribution in [0.15, 0.2) is 66.9 Å². The van der Waals surface area contributed by atoms with Crippen LogP contribution in [0.1, 0.15) is 54.9 Å². The lowest BCUT2D eigenvalue weighted by atomic mass is 9.75. The number of anilines is 2. The summed E-state index contributed by atoms with van der Waals surface area (Å²) < 4.78 is 39.4. The lowest BCUT2D eigenvalue weighted by Gasteiger charge is -2.61. The second-order valence-corrected chi connectivity index (χ2v) is 11.5. The van der Waals surface area contributed by atoms with E-state index in [0.29, 0.717) is 24.2 Å². The van der Waals surface area contributed by atoms with Crippen molar-refractivity contribution in [3.63, 3.8) is 0 Å². The van der Waals surface area contributed by atoms with Crippen molar-refractivity contribution in [3.8, 4) is 11.1 Å². The summed E-state index contributed by atoms with van der Waals surface area (Å²) >= 11 is 0. The molecule has 3 aromatic rings. The van der Waals surface area contributed by atoms with Gasteiger partial charge in [0, 0.05) is 42.6 Å². The van der Waals surface area contributed by atoms with E-state index in [1.165, 1.54) is 25.0 Å². The zero-order valence-electron chi connectivity index (χ0n) is 22.5. The molecule has 0 radical (unpaired) electrons. The first-order valence-electron chi connectivity index (χ1n) is 14.0. The van der Waals surface area contributed by atoms with E-state index in [9.17, 15) is 18.0 Å². The number of carbonyl (C=O) groups excluding carboxylic acids is 1. The van der Waals surface area contributed by atoms with Crippen LogP contribution in [0, 0.1) is 0 Å². The van der Waals surface area contributed by atoms with Crippen LogP contribution in [-0.2, 0) is 6.18 Å². The fourth-order valence-electron chi connectivity index (χ4n) is 7.04. The highest BCUT2D eigenvalue weighted by Crippen LogP contribution is 2.42. The van der Waals surface area contributed by atoms with Gasteiger partial charge in [0.25, 0.3) is 0 Å². The van der Waals surface area contributed by atoms with Crippen molar-refractivity contribution >= 4 is 17.4 Å². The van der Waals surface area contributed by atoms with Crippen molar-refractivity contribution in [2.75, 3.05) is 22.9 Å². The molecular weight excluding hydrogens is 515 g/mol. The highest BCUT2D eigenvalue weighted by molar-refractivity contribution is 5.94. The van der Waals surface area contributed by atoms with Crippen LogP contribution in [0.5, 0.6) is 0 Å². The summed E-state index contributed by atoms with van der Waals surface area (Å²) in [6.45, 7) is 3.66. The number of primary amides is 1. The van der Waals surface area contributed by atoms with Gasteiger partial charge in [-0.3, -0.25) is 4.79 Å². The first kappa shape index (κ1) is 26.6. The number of pyridine rings is 1. The molecule has 6 rings (SSSR count). The molecule has 2 aliphatic heterocycles. The van der Waals surface area contributed by atoms with Gasteiger partial charge >= 0.3 is 6.18 Å². The number of nitrogens with zero attached hydrogens (tertiary/aromatic N) is 3. The number of halogens is 3. The van der Waals surface area contributed by atoms with E-state index in [0.717, 1.165) is 48.4 Å². The Kier molecular flexibility index (Phi) is 6.73. The first-order chi connectivity index (χ1) is 19.1. The number of nitrogens with two attached hydrogens (primary N) is 1. The molecule has 1 saturated carbocycles. The maximum Gasteiger partial charge on any atom is 0.416 e. The molecule has 1 aromatic heterocycles. The highest BCUT2D eigenvalue weighted by atomic mass is 19.4. The summed E-state index contributed by atoms with van der Waals surface area (Å²) in [6.07, 6.45) is 2.81. The third-order valence-corrected chi connectivity index (χ3v) is 8.92. The molecule has 210 valence electrons. The Labute approximate surface area is 232 Å². The monoisotopic (exact) mass is 549 g/mol. The average Bonchev–Trinajstić information content (AvgIpc) is 2.95. The molecule has 2 aromatic carbocycles. The Hall–Kier alpha value is -3.59. The van der Waals surface area contributed by atoms with E-state index in [-0.39, 0.29) is 11.6 Å². The molecule has 9 heteroatoms. The number of piperidine rings is 1. The third kappa shape index (κ3) is 4.91. The third-order valence-electron chi connectivity index (χ3n) is 8.92. The van der Waals surface area contributed by atoms with Gasteiger partial charge in [0.2, 0.25) is 5.91 Å². The number of piperazine rings is 1. The Bertz CT molecular complexity index is 1390. The van der Waals surface area contributed by atoms with Gasteiger partial charge in [-0.2, -0.15) is 13.2 Å². The van der Waals surface area contributed by atoms with Crippen molar-refractivity contribution in [2.45, 2.75) is 68.9 Å². The predicted octanol–water partition coefficient (Wildman–Crippen LogP) is 5.62. The molecular formula is C31H34F3N5O. The van der Waals surface area contributed by atoms with Crippen molar-refractivity contribution < 1.29 is 18.0 Å². The minimum Gasteiger partial charge on any atom is -0.370 e. The van der Waals surface area contributed by atoms with E-state index in [1.807, 2.05) is 30.5 Å². The second kappa shape index (κ2) is 10.1. The molecule has 3 aliphatic rings. The average molecular weight is 550 g/mol. The zero-order valence-corrected chi connectivity index (χ0v) is 22.5. The smallest absolute Gasteiger partial charge is 0.370 e. The fraction of sp³-hybridized carbons (Fsp3) is 0.419. The van der Waals surface area contributed by atoms with E-state index in [2.05, 4.69) is 28.1 Å². The Morgan fingerprint density at radius 3 is 2.52 bits per heavy atom. The van der Waals surface area contributed by atoms with E-state index >= 15 is 0 Å². The van der Waals surface area contributed by atoms with Crippen LogP contribution >= 0.6 is 0 Å². The lowest BCUT2D eigenvalue weighted by Crippen LogP contribution is -2.78. The second-order valence-electron chi connectivity index (χ2n) is 11.5. The summed E-state index contributed by atoms with van der Waals surface area (Å²) in [6, 6.07) is 17.7. The molecule has 40 heavy (non-hydrogen) atoms. The number of hydrogen-bond donors (Lipinski definition) is 2. The Morgan fingerprint density at radius 2 is 1.77 bits per heavy atom. The number of carbonyl (C=O) groups is 1. The molecule has 3 N–H and O–H groups in total. The lowest BCUT2D eigenvalue weighted by molar-refractivity contribution is -0.137. The molecule has 2 saturated heterocycles. The van der Waals surface area contributed by atoms with Gasteiger partial charge < -0.3 is 20.9 Å². The van der Waals surface area contributed by atoms with Crippen molar-refractivity contribution in [2.24, 2.45) is 5.73 Å². The molecule has 0 bridgehead atoms. The van der Waals surface area contributed by atoms with Gasteiger partial charge in [0.15, 0.2) is 0 Å². The topological polar surface area (TPSA) is 74.5 Å². The van der Waals surface area contributed by atoms with Crippen molar-refractivity contribution in [1.82, 2.24) is 10.3 Å². The molecule has 3 fully saturated rings. The van der Waals surface area contributed by atoms with Crippen LogP contribution in [-0.4, -0.2) is 47.6 Å². The minimum absolute atomic E-state index is 0.164. The molecule has 1 unspecified atom stereocenters. The fourth-order valence-corrected chi connectivity index (χ4v) is 7.04. The van der Waals surface area contributed by atoms with E-state index < -0.39 is 17.6 Å². The highest BCUT2D eigenvalue weighted by Gasteiger charge is 2.52. The number of rotatable bonds is 4. The molecule has 0 spiro atoms.